The lowest BCUT2D eigenvalue weighted by Crippen LogP contribution is -2.10. The predicted molar refractivity (Wildman–Crippen MR) is 52.1 cm³/mol. The summed E-state index contributed by atoms with van der Waals surface area (Å²) in [6.45, 7) is 4.72. The number of dihydropyridines is 1. The largest absolute Gasteiger partial charge is 0.387 e. The van der Waals surface area contributed by atoms with Crippen molar-refractivity contribution in [1.82, 2.24) is 11.5 Å². The van der Waals surface area contributed by atoms with Crippen LogP contribution in [-0.4, -0.2) is 6.54 Å². The average Bonchev–Trinajstić information content (AvgIpc) is 2.46. The lowest BCUT2D eigenvalue weighted by atomic mass is 10.1. The highest BCUT2D eigenvalue weighted by atomic mass is 14.8. The van der Waals surface area contributed by atoms with E-state index in [1.54, 1.807) is 0 Å². The van der Waals surface area contributed by atoms with Crippen LogP contribution in [0.15, 0.2) is 47.7 Å². The summed E-state index contributed by atoms with van der Waals surface area (Å²) in [5.41, 5.74) is 4.09. The van der Waals surface area contributed by atoms with E-state index >= 15 is 0 Å². The van der Waals surface area contributed by atoms with Gasteiger partial charge in [0.05, 0.1) is 0 Å². The third-order valence-electron chi connectivity index (χ3n) is 2.08. The Morgan fingerprint density at radius 1 is 1.50 bits per heavy atom. The van der Waals surface area contributed by atoms with Crippen molar-refractivity contribution >= 4 is 0 Å². The number of fused-ring (bicyclic) bond motifs is 1. The number of hydrogen-bond donors (Lipinski definition) is 2. The topological polar surface area (TPSA) is 47.0 Å². The molecule has 0 radical (unpaired) electrons. The minimum absolute atomic E-state index is 0. The van der Waals surface area contributed by atoms with Crippen LogP contribution in [0.5, 0.6) is 0 Å². The second-order valence-electron chi connectivity index (χ2n) is 2.84. The second kappa shape index (κ2) is 3.41. The standard InChI is InChI=1S/C10H11N.H3N/c1-2-8-5-9-3-4-11-7-10(9)6-8;/h2-3,5,7,11H,1,4,6H2;1H3. The van der Waals surface area contributed by atoms with Crippen molar-refractivity contribution in [3.05, 3.63) is 47.7 Å². The predicted octanol–water partition coefficient (Wildman–Crippen LogP) is 2.08. The van der Waals surface area contributed by atoms with Gasteiger partial charge < -0.3 is 11.5 Å². The lowest BCUT2D eigenvalue weighted by molar-refractivity contribution is 0.938. The molecular formula is C10H14N2. The molecule has 0 spiro atoms. The molecule has 0 amide bonds. The number of rotatable bonds is 1. The van der Waals surface area contributed by atoms with Gasteiger partial charge in [0.2, 0.25) is 0 Å². The third-order valence-corrected chi connectivity index (χ3v) is 2.08. The molecule has 0 saturated carbocycles. The van der Waals surface area contributed by atoms with Gasteiger partial charge in [-0.3, -0.25) is 0 Å². The van der Waals surface area contributed by atoms with Gasteiger partial charge in [-0.05, 0) is 23.1 Å². The van der Waals surface area contributed by atoms with Crippen molar-refractivity contribution in [2.75, 3.05) is 6.54 Å². The van der Waals surface area contributed by atoms with Gasteiger partial charge >= 0.3 is 0 Å². The Bertz CT molecular complexity index is 282. The van der Waals surface area contributed by atoms with Gasteiger partial charge in [-0.1, -0.05) is 24.8 Å². The monoisotopic (exact) mass is 162 g/mol. The van der Waals surface area contributed by atoms with Gasteiger partial charge in [0.15, 0.2) is 0 Å². The highest BCUT2D eigenvalue weighted by molar-refractivity contribution is 5.53. The zero-order chi connectivity index (χ0) is 7.68. The van der Waals surface area contributed by atoms with Crippen LogP contribution in [0.2, 0.25) is 0 Å². The third kappa shape index (κ3) is 1.34. The van der Waals surface area contributed by atoms with E-state index < -0.39 is 0 Å². The molecule has 0 aromatic rings. The van der Waals surface area contributed by atoms with Gasteiger partial charge in [-0.25, -0.2) is 0 Å². The highest BCUT2D eigenvalue weighted by Crippen LogP contribution is 2.30. The van der Waals surface area contributed by atoms with Crippen LogP contribution in [0.4, 0.5) is 0 Å². The van der Waals surface area contributed by atoms with Crippen molar-refractivity contribution in [3.8, 4) is 0 Å². The molecule has 12 heavy (non-hydrogen) atoms. The zero-order valence-corrected chi connectivity index (χ0v) is 7.14. The van der Waals surface area contributed by atoms with E-state index in [4.69, 9.17) is 0 Å². The molecule has 0 aromatic carbocycles. The molecule has 4 N–H and O–H groups in total. The maximum atomic E-state index is 3.76. The molecule has 2 nitrogen and oxygen atoms in total. The first-order chi connectivity index (χ1) is 5.40. The molecule has 1 heterocycles. The van der Waals surface area contributed by atoms with Crippen molar-refractivity contribution in [1.29, 1.82) is 0 Å². The van der Waals surface area contributed by atoms with Crippen molar-refractivity contribution < 1.29 is 0 Å². The normalized spacial score (nSPS) is 19.2. The Morgan fingerprint density at radius 3 is 3.00 bits per heavy atom. The fraction of sp³-hybridized carbons (Fsp3) is 0.200. The molecule has 0 bridgehead atoms. The molecule has 1 aliphatic carbocycles. The lowest BCUT2D eigenvalue weighted by Gasteiger charge is -2.07. The molecule has 2 rings (SSSR count). The van der Waals surface area contributed by atoms with E-state index in [1.807, 2.05) is 6.08 Å². The second-order valence-corrected chi connectivity index (χ2v) is 2.84. The summed E-state index contributed by atoms with van der Waals surface area (Å²) in [6, 6.07) is 0. The SMILES string of the molecule is C=CC1=CC2=CCNC=C2C1.N. The number of hydrogen-bond acceptors (Lipinski definition) is 2. The summed E-state index contributed by atoms with van der Waals surface area (Å²) in [5, 5.41) is 3.19. The Labute approximate surface area is 72.9 Å². The smallest absolute Gasteiger partial charge is 0.0334 e. The van der Waals surface area contributed by atoms with Gasteiger partial charge in [0.25, 0.3) is 0 Å². The van der Waals surface area contributed by atoms with Crippen LogP contribution in [0, 0.1) is 0 Å². The Kier molecular flexibility index (Phi) is 2.51. The van der Waals surface area contributed by atoms with E-state index in [0.717, 1.165) is 13.0 Å². The fourth-order valence-electron chi connectivity index (χ4n) is 1.47. The van der Waals surface area contributed by atoms with E-state index in [1.165, 1.54) is 16.7 Å². The summed E-state index contributed by atoms with van der Waals surface area (Å²) in [4.78, 5) is 0. The van der Waals surface area contributed by atoms with Crippen LogP contribution in [0.25, 0.3) is 0 Å². The van der Waals surface area contributed by atoms with Gasteiger partial charge in [0, 0.05) is 12.7 Å². The molecule has 64 valence electrons. The first-order valence-electron chi connectivity index (χ1n) is 3.86. The average molecular weight is 162 g/mol. The summed E-state index contributed by atoms with van der Waals surface area (Å²) in [5.74, 6) is 0. The van der Waals surface area contributed by atoms with Crippen LogP contribution >= 0.6 is 0 Å². The Balaban J connectivity index is 0.000000720. The van der Waals surface area contributed by atoms with Gasteiger partial charge in [-0.15, -0.1) is 0 Å². The molecule has 1 aliphatic heterocycles. The molecular weight excluding hydrogens is 148 g/mol. The first-order valence-corrected chi connectivity index (χ1v) is 3.86. The number of allylic oxidation sites excluding steroid dienone is 5. The maximum absolute atomic E-state index is 3.76. The first kappa shape index (κ1) is 8.81. The minimum atomic E-state index is 0. The van der Waals surface area contributed by atoms with Crippen LogP contribution in [0.1, 0.15) is 6.42 Å². The fourth-order valence-corrected chi connectivity index (χ4v) is 1.47. The van der Waals surface area contributed by atoms with Crippen molar-refractivity contribution in [2.45, 2.75) is 6.42 Å². The molecule has 0 unspecified atom stereocenters. The van der Waals surface area contributed by atoms with E-state index in [2.05, 4.69) is 30.2 Å². The molecule has 2 heteroatoms. The van der Waals surface area contributed by atoms with Crippen LogP contribution in [-0.2, 0) is 0 Å². The van der Waals surface area contributed by atoms with E-state index in [0.29, 0.717) is 0 Å². The Morgan fingerprint density at radius 2 is 2.33 bits per heavy atom. The van der Waals surface area contributed by atoms with Gasteiger partial charge in [-0.2, -0.15) is 0 Å². The summed E-state index contributed by atoms with van der Waals surface area (Å²) < 4.78 is 0. The molecule has 0 aromatic heterocycles. The molecule has 0 atom stereocenters. The zero-order valence-electron chi connectivity index (χ0n) is 7.14. The summed E-state index contributed by atoms with van der Waals surface area (Å²) >= 11 is 0. The molecule has 0 fully saturated rings. The van der Waals surface area contributed by atoms with E-state index in [-0.39, 0.29) is 6.15 Å². The summed E-state index contributed by atoms with van der Waals surface area (Å²) in [6.07, 6.45) is 9.50. The quantitative estimate of drug-likeness (QED) is 0.620. The molecule has 0 saturated heterocycles. The summed E-state index contributed by atoms with van der Waals surface area (Å²) in [7, 11) is 0. The minimum Gasteiger partial charge on any atom is -0.387 e. The highest BCUT2D eigenvalue weighted by Gasteiger charge is 2.14. The van der Waals surface area contributed by atoms with Crippen LogP contribution < -0.4 is 11.5 Å². The number of nitrogens with one attached hydrogen (secondary N) is 1. The van der Waals surface area contributed by atoms with Crippen molar-refractivity contribution in [3.63, 3.8) is 0 Å². The van der Waals surface area contributed by atoms with Crippen LogP contribution in [0.3, 0.4) is 0 Å². The maximum Gasteiger partial charge on any atom is 0.0334 e. The molecule has 2 aliphatic rings. The Hall–Kier alpha value is -1.28. The van der Waals surface area contributed by atoms with E-state index in [9.17, 15) is 0 Å². The van der Waals surface area contributed by atoms with Crippen molar-refractivity contribution in [2.24, 2.45) is 0 Å². The van der Waals surface area contributed by atoms with Gasteiger partial charge in [0.1, 0.15) is 0 Å².